The number of benzene rings is 3. The molecule has 3 aromatic carbocycles. The molecular weight excluding hydrogens is 356 g/mol. The van der Waals surface area contributed by atoms with Gasteiger partial charge in [-0.1, -0.05) is 48.0 Å². The fraction of sp³-hybridized carbons (Fsp3) is 0.136. The molecule has 0 fully saturated rings. The Labute approximate surface area is 162 Å². The van der Waals surface area contributed by atoms with Crippen LogP contribution < -0.4 is 10.1 Å². The van der Waals surface area contributed by atoms with E-state index in [1.807, 2.05) is 19.1 Å². The summed E-state index contributed by atoms with van der Waals surface area (Å²) in [6, 6.07) is 20.2. The first-order chi connectivity index (χ1) is 13.4. The number of nitrogens with one attached hydrogen (secondary N) is 1. The van der Waals surface area contributed by atoms with Crippen molar-refractivity contribution in [2.75, 3.05) is 11.9 Å². The molecule has 6 nitrogen and oxygen atoms in total. The van der Waals surface area contributed by atoms with Crippen molar-refractivity contribution in [3.63, 3.8) is 0 Å². The van der Waals surface area contributed by atoms with Gasteiger partial charge in [-0.05, 0) is 43.2 Å². The minimum Gasteiger partial charge on any atom is -0.484 e. The zero-order chi connectivity index (χ0) is 20.1. The quantitative estimate of drug-likeness (QED) is 0.490. The zero-order valence-electron chi connectivity index (χ0n) is 15.6. The predicted octanol–water partition coefficient (Wildman–Crippen LogP) is 4.90. The van der Waals surface area contributed by atoms with Crippen LogP contribution in [0.4, 0.5) is 11.4 Å². The highest BCUT2D eigenvalue weighted by molar-refractivity contribution is 5.92. The molecule has 142 valence electrons. The van der Waals surface area contributed by atoms with Crippen LogP contribution >= 0.6 is 0 Å². The average molecular weight is 376 g/mol. The molecule has 1 amide bonds. The van der Waals surface area contributed by atoms with E-state index in [1.165, 1.54) is 11.6 Å². The molecule has 0 radical (unpaired) electrons. The SMILES string of the molecule is Cc1ccc(-c2ccc(OCC(=O)Nc3ccc(C)c([N+](=O)[O-])c3)cc2)cc1. The van der Waals surface area contributed by atoms with Gasteiger partial charge < -0.3 is 10.1 Å². The highest BCUT2D eigenvalue weighted by atomic mass is 16.6. The van der Waals surface area contributed by atoms with Crippen molar-refractivity contribution in [2.24, 2.45) is 0 Å². The first-order valence-corrected chi connectivity index (χ1v) is 8.77. The molecular formula is C22H20N2O4. The monoisotopic (exact) mass is 376 g/mol. The molecule has 0 unspecified atom stereocenters. The topological polar surface area (TPSA) is 81.5 Å². The Morgan fingerprint density at radius 1 is 0.964 bits per heavy atom. The van der Waals surface area contributed by atoms with Gasteiger partial charge in [0.2, 0.25) is 0 Å². The fourth-order valence-electron chi connectivity index (χ4n) is 2.72. The Bertz CT molecular complexity index is 996. The highest BCUT2D eigenvalue weighted by Gasteiger charge is 2.12. The van der Waals surface area contributed by atoms with Crippen molar-refractivity contribution in [3.8, 4) is 16.9 Å². The van der Waals surface area contributed by atoms with Gasteiger partial charge in [-0.2, -0.15) is 0 Å². The van der Waals surface area contributed by atoms with Crippen molar-refractivity contribution in [1.29, 1.82) is 0 Å². The van der Waals surface area contributed by atoms with Crippen LogP contribution in [0.5, 0.6) is 5.75 Å². The van der Waals surface area contributed by atoms with E-state index >= 15 is 0 Å². The van der Waals surface area contributed by atoms with Crippen molar-refractivity contribution >= 4 is 17.3 Å². The van der Waals surface area contributed by atoms with Crippen LogP contribution in [-0.2, 0) is 4.79 Å². The lowest BCUT2D eigenvalue weighted by Gasteiger charge is -2.09. The van der Waals surface area contributed by atoms with Gasteiger partial charge >= 0.3 is 0 Å². The van der Waals surface area contributed by atoms with Gasteiger partial charge in [0.15, 0.2) is 6.61 Å². The van der Waals surface area contributed by atoms with Gasteiger partial charge in [0.25, 0.3) is 11.6 Å². The second-order valence-corrected chi connectivity index (χ2v) is 6.49. The Balaban J connectivity index is 1.58. The number of nitro groups is 1. The van der Waals surface area contributed by atoms with Crippen molar-refractivity contribution < 1.29 is 14.5 Å². The van der Waals surface area contributed by atoms with Gasteiger partial charge in [-0.3, -0.25) is 14.9 Å². The maximum atomic E-state index is 12.1. The van der Waals surface area contributed by atoms with Crippen molar-refractivity contribution in [3.05, 3.63) is 88.0 Å². The van der Waals surface area contributed by atoms with Gasteiger partial charge in [0.05, 0.1) is 4.92 Å². The number of hydrogen-bond donors (Lipinski definition) is 1. The third-order valence-corrected chi connectivity index (χ3v) is 4.30. The molecule has 0 aliphatic carbocycles. The molecule has 3 rings (SSSR count). The normalized spacial score (nSPS) is 10.4. The van der Waals surface area contributed by atoms with Crippen LogP contribution in [0.3, 0.4) is 0 Å². The first-order valence-electron chi connectivity index (χ1n) is 8.77. The van der Waals surface area contributed by atoms with Gasteiger partial charge in [0.1, 0.15) is 5.75 Å². The van der Waals surface area contributed by atoms with Crippen LogP contribution in [0.25, 0.3) is 11.1 Å². The third kappa shape index (κ3) is 4.73. The highest BCUT2D eigenvalue weighted by Crippen LogP contribution is 2.24. The molecule has 0 bridgehead atoms. The lowest BCUT2D eigenvalue weighted by atomic mass is 10.0. The molecule has 28 heavy (non-hydrogen) atoms. The summed E-state index contributed by atoms with van der Waals surface area (Å²) < 4.78 is 5.51. The van der Waals surface area contributed by atoms with Crippen LogP contribution in [0, 0.1) is 24.0 Å². The zero-order valence-corrected chi connectivity index (χ0v) is 15.6. The maximum Gasteiger partial charge on any atom is 0.274 e. The molecule has 0 aliphatic heterocycles. The molecule has 1 N–H and O–H groups in total. The van der Waals surface area contributed by atoms with Crippen molar-refractivity contribution in [1.82, 2.24) is 0 Å². The number of amides is 1. The van der Waals surface area contributed by atoms with Gasteiger partial charge in [-0.25, -0.2) is 0 Å². The molecule has 0 saturated heterocycles. The second kappa shape index (κ2) is 8.35. The fourth-order valence-corrected chi connectivity index (χ4v) is 2.72. The molecule has 0 heterocycles. The lowest BCUT2D eigenvalue weighted by molar-refractivity contribution is -0.385. The Morgan fingerprint density at radius 3 is 2.18 bits per heavy atom. The molecule has 6 heteroatoms. The summed E-state index contributed by atoms with van der Waals surface area (Å²) in [5.74, 6) is 0.182. The Kier molecular flexibility index (Phi) is 5.69. The number of rotatable bonds is 6. The lowest BCUT2D eigenvalue weighted by Crippen LogP contribution is -2.20. The minimum atomic E-state index is -0.475. The van der Waals surface area contributed by atoms with Crippen LogP contribution in [0.1, 0.15) is 11.1 Å². The summed E-state index contributed by atoms with van der Waals surface area (Å²) in [5.41, 5.74) is 4.23. The van der Waals surface area contributed by atoms with E-state index < -0.39 is 4.92 Å². The van der Waals surface area contributed by atoms with Crippen LogP contribution in [0.2, 0.25) is 0 Å². The number of carbonyl (C=O) groups is 1. The van der Waals surface area contributed by atoms with Gasteiger partial charge in [0, 0.05) is 17.3 Å². The number of nitro benzene ring substituents is 1. The van der Waals surface area contributed by atoms with E-state index in [-0.39, 0.29) is 18.2 Å². The summed E-state index contributed by atoms with van der Waals surface area (Å²) in [4.78, 5) is 22.6. The number of carbonyl (C=O) groups excluding carboxylic acids is 1. The minimum absolute atomic E-state index is 0.0367. The molecule has 0 aliphatic rings. The summed E-state index contributed by atoms with van der Waals surface area (Å²) in [7, 11) is 0. The molecule has 0 aromatic heterocycles. The molecule has 0 atom stereocenters. The largest absolute Gasteiger partial charge is 0.484 e. The van der Waals surface area contributed by atoms with Gasteiger partial charge in [-0.15, -0.1) is 0 Å². The summed E-state index contributed by atoms with van der Waals surface area (Å²) in [6.07, 6.45) is 0. The Morgan fingerprint density at radius 2 is 1.57 bits per heavy atom. The van der Waals surface area contributed by atoms with Crippen LogP contribution in [0.15, 0.2) is 66.7 Å². The summed E-state index contributed by atoms with van der Waals surface area (Å²) >= 11 is 0. The van der Waals surface area contributed by atoms with E-state index in [9.17, 15) is 14.9 Å². The Hall–Kier alpha value is -3.67. The van der Waals surface area contributed by atoms with E-state index in [0.29, 0.717) is 17.0 Å². The van der Waals surface area contributed by atoms with E-state index in [1.54, 1.807) is 31.2 Å². The maximum absolute atomic E-state index is 12.1. The first kappa shape index (κ1) is 19.1. The number of ether oxygens (including phenoxy) is 1. The second-order valence-electron chi connectivity index (χ2n) is 6.49. The summed E-state index contributed by atoms with van der Waals surface area (Å²) in [6.45, 7) is 3.50. The number of nitrogens with zero attached hydrogens (tertiary/aromatic N) is 1. The third-order valence-electron chi connectivity index (χ3n) is 4.30. The smallest absolute Gasteiger partial charge is 0.274 e. The number of aryl methyl sites for hydroxylation is 2. The standard InChI is InChI=1S/C22H20N2O4/c1-15-3-6-17(7-4-15)18-8-11-20(12-9-18)28-14-22(25)23-19-10-5-16(2)21(13-19)24(26)27/h3-13H,14H2,1-2H3,(H,23,25). The molecule has 0 spiro atoms. The predicted molar refractivity (Wildman–Crippen MR) is 109 cm³/mol. The van der Waals surface area contributed by atoms with E-state index in [2.05, 4.69) is 29.6 Å². The molecule has 3 aromatic rings. The summed E-state index contributed by atoms with van der Waals surface area (Å²) in [5, 5.41) is 13.6. The van der Waals surface area contributed by atoms with E-state index in [4.69, 9.17) is 4.74 Å². The van der Waals surface area contributed by atoms with Crippen molar-refractivity contribution in [2.45, 2.75) is 13.8 Å². The number of hydrogen-bond acceptors (Lipinski definition) is 4. The van der Waals surface area contributed by atoms with Crippen LogP contribution in [-0.4, -0.2) is 17.4 Å². The van der Waals surface area contributed by atoms with E-state index in [0.717, 1.165) is 11.1 Å². The number of anilines is 1. The molecule has 0 saturated carbocycles. The average Bonchev–Trinajstić information content (AvgIpc) is 2.69.